The molecule has 1 saturated carbocycles. The van der Waals surface area contributed by atoms with Crippen molar-refractivity contribution in [2.24, 2.45) is 5.92 Å². The summed E-state index contributed by atoms with van der Waals surface area (Å²) < 4.78 is 10.8. The van der Waals surface area contributed by atoms with Crippen molar-refractivity contribution in [1.29, 1.82) is 0 Å². The first-order chi connectivity index (χ1) is 11.7. The number of aromatic amines is 1. The van der Waals surface area contributed by atoms with Crippen molar-refractivity contribution >= 4 is 11.6 Å². The van der Waals surface area contributed by atoms with E-state index in [0.717, 1.165) is 0 Å². The topological polar surface area (TPSA) is 107 Å². The van der Waals surface area contributed by atoms with Gasteiger partial charge in [-0.1, -0.05) is 16.8 Å². The van der Waals surface area contributed by atoms with Crippen LogP contribution in [0.25, 0.3) is 23.0 Å². The molecule has 24 heavy (non-hydrogen) atoms. The minimum atomic E-state index is -0.298. The highest BCUT2D eigenvalue weighted by Gasteiger charge is 2.23. The number of ether oxygens (including phenoxy) is 1. The predicted molar refractivity (Wildman–Crippen MR) is 84.6 cm³/mol. The van der Waals surface area contributed by atoms with Crippen LogP contribution in [0.15, 0.2) is 34.0 Å². The summed E-state index contributed by atoms with van der Waals surface area (Å²) >= 11 is 6.19. The van der Waals surface area contributed by atoms with Gasteiger partial charge in [0.05, 0.1) is 18.5 Å². The molecule has 0 unspecified atom stereocenters. The second kappa shape index (κ2) is 6.04. The molecule has 8 nitrogen and oxygen atoms in total. The van der Waals surface area contributed by atoms with E-state index in [2.05, 4.69) is 25.1 Å². The van der Waals surface area contributed by atoms with Gasteiger partial charge in [0.1, 0.15) is 10.7 Å². The van der Waals surface area contributed by atoms with Crippen molar-refractivity contribution in [3.63, 3.8) is 0 Å². The molecule has 122 valence electrons. The summed E-state index contributed by atoms with van der Waals surface area (Å²) in [4.78, 5) is 26.1. The number of hydrogen-bond acceptors (Lipinski definition) is 7. The Morgan fingerprint density at radius 1 is 1.33 bits per heavy atom. The third kappa shape index (κ3) is 3.13. The lowest BCUT2D eigenvalue weighted by Gasteiger charge is -2.06. The summed E-state index contributed by atoms with van der Waals surface area (Å²) in [5, 5.41) is 4.20. The number of aromatic nitrogens is 5. The maximum atomic E-state index is 11.3. The van der Waals surface area contributed by atoms with E-state index in [-0.39, 0.29) is 17.3 Å². The second-order valence-electron chi connectivity index (χ2n) is 5.48. The first-order valence-electron chi connectivity index (χ1n) is 7.36. The van der Waals surface area contributed by atoms with Crippen molar-refractivity contribution in [3.8, 4) is 28.9 Å². The number of nitrogens with one attached hydrogen (secondary N) is 1. The van der Waals surface area contributed by atoms with Crippen LogP contribution in [-0.2, 0) is 0 Å². The Bertz CT molecular complexity index is 935. The average molecular weight is 346 g/mol. The number of pyridine rings is 1. The number of nitrogens with zero attached hydrogens (tertiary/aromatic N) is 4. The zero-order chi connectivity index (χ0) is 16.5. The maximum absolute atomic E-state index is 11.3. The van der Waals surface area contributed by atoms with Crippen LogP contribution in [0.3, 0.4) is 0 Å². The average Bonchev–Trinajstić information content (AvgIpc) is 3.27. The summed E-state index contributed by atoms with van der Waals surface area (Å²) in [6, 6.07) is 2.94. The Balaban J connectivity index is 1.57. The van der Waals surface area contributed by atoms with E-state index in [1.807, 2.05) is 0 Å². The molecule has 0 amide bonds. The Morgan fingerprint density at radius 3 is 2.96 bits per heavy atom. The van der Waals surface area contributed by atoms with Crippen molar-refractivity contribution < 1.29 is 9.26 Å². The van der Waals surface area contributed by atoms with E-state index in [0.29, 0.717) is 34.7 Å². The van der Waals surface area contributed by atoms with E-state index >= 15 is 0 Å². The van der Waals surface area contributed by atoms with Gasteiger partial charge in [0.25, 0.3) is 11.4 Å². The Labute approximate surface area is 140 Å². The van der Waals surface area contributed by atoms with Crippen LogP contribution < -0.4 is 10.3 Å². The number of H-pyrrole nitrogens is 1. The molecule has 0 saturated heterocycles. The van der Waals surface area contributed by atoms with Gasteiger partial charge in [-0.2, -0.15) is 4.98 Å². The molecule has 3 aromatic rings. The van der Waals surface area contributed by atoms with Gasteiger partial charge < -0.3 is 14.2 Å². The van der Waals surface area contributed by atoms with Gasteiger partial charge in [-0.25, -0.2) is 9.97 Å². The molecule has 4 rings (SSSR count). The van der Waals surface area contributed by atoms with Gasteiger partial charge in [0, 0.05) is 12.3 Å². The fourth-order valence-electron chi connectivity index (χ4n) is 2.07. The zero-order valence-electron chi connectivity index (χ0n) is 12.4. The molecule has 0 radical (unpaired) electrons. The van der Waals surface area contributed by atoms with Gasteiger partial charge in [-0.3, -0.25) is 4.79 Å². The minimum Gasteiger partial charge on any atom is -0.476 e. The van der Waals surface area contributed by atoms with E-state index < -0.39 is 0 Å². The largest absolute Gasteiger partial charge is 0.476 e. The van der Waals surface area contributed by atoms with E-state index in [9.17, 15) is 4.79 Å². The molecule has 0 spiro atoms. The van der Waals surface area contributed by atoms with Crippen LogP contribution in [0.2, 0.25) is 5.02 Å². The fourth-order valence-corrected chi connectivity index (χ4v) is 2.29. The number of hydrogen-bond donors (Lipinski definition) is 1. The summed E-state index contributed by atoms with van der Waals surface area (Å²) in [5.74, 6) is 1.45. The Kier molecular flexibility index (Phi) is 3.73. The first-order valence-corrected chi connectivity index (χ1v) is 7.74. The summed E-state index contributed by atoms with van der Waals surface area (Å²) in [7, 11) is 0. The Hall–Kier alpha value is -2.74. The highest BCUT2D eigenvalue weighted by atomic mass is 35.5. The number of halogens is 1. The molecule has 0 aromatic carbocycles. The van der Waals surface area contributed by atoms with Gasteiger partial charge in [0.2, 0.25) is 11.7 Å². The lowest BCUT2D eigenvalue weighted by molar-refractivity contribution is 0.288. The highest BCUT2D eigenvalue weighted by Crippen LogP contribution is 2.32. The lowest BCUT2D eigenvalue weighted by atomic mass is 10.3. The molecule has 1 fully saturated rings. The number of rotatable bonds is 5. The van der Waals surface area contributed by atoms with Gasteiger partial charge >= 0.3 is 0 Å². The normalized spacial score (nSPS) is 13.9. The van der Waals surface area contributed by atoms with Crippen LogP contribution in [0.4, 0.5) is 0 Å². The van der Waals surface area contributed by atoms with Crippen molar-refractivity contribution in [2.75, 3.05) is 6.61 Å². The second-order valence-corrected chi connectivity index (χ2v) is 5.89. The molecular weight excluding hydrogens is 334 g/mol. The first kappa shape index (κ1) is 14.8. The van der Waals surface area contributed by atoms with E-state index in [1.165, 1.54) is 25.2 Å². The molecule has 1 aliphatic carbocycles. The van der Waals surface area contributed by atoms with Crippen LogP contribution >= 0.6 is 11.6 Å². The SMILES string of the molecule is O=c1cc(-c2noc(-c3cnc(OCC4CC4)c(Cl)c3)n2)nc[nH]1. The van der Waals surface area contributed by atoms with Crippen molar-refractivity contribution in [2.45, 2.75) is 12.8 Å². The van der Waals surface area contributed by atoms with Crippen LogP contribution in [0.5, 0.6) is 5.88 Å². The molecule has 9 heteroatoms. The molecule has 0 aliphatic heterocycles. The third-order valence-electron chi connectivity index (χ3n) is 3.54. The maximum Gasteiger partial charge on any atom is 0.259 e. The minimum absolute atomic E-state index is 0.210. The van der Waals surface area contributed by atoms with Crippen LogP contribution in [0, 0.1) is 5.92 Å². The van der Waals surface area contributed by atoms with Gasteiger partial charge in [-0.05, 0) is 24.8 Å². The summed E-state index contributed by atoms with van der Waals surface area (Å²) in [5.41, 5.74) is 0.577. The zero-order valence-corrected chi connectivity index (χ0v) is 13.2. The fraction of sp³-hybridized carbons (Fsp3) is 0.267. The van der Waals surface area contributed by atoms with E-state index in [1.54, 1.807) is 12.3 Å². The van der Waals surface area contributed by atoms with Gasteiger partial charge in [-0.15, -0.1) is 0 Å². The Morgan fingerprint density at radius 2 is 2.21 bits per heavy atom. The smallest absolute Gasteiger partial charge is 0.259 e. The molecule has 3 aromatic heterocycles. The van der Waals surface area contributed by atoms with Crippen molar-refractivity contribution in [3.05, 3.63) is 40.0 Å². The van der Waals surface area contributed by atoms with Gasteiger partial charge in [0.15, 0.2) is 0 Å². The van der Waals surface area contributed by atoms with Crippen LogP contribution in [-0.4, -0.2) is 31.7 Å². The molecular formula is C15H12ClN5O3. The molecule has 0 atom stereocenters. The summed E-state index contributed by atoms with van der Waals surface area (Å²) in [6.07, 6.45) is 5.21. The summed E-state index contributed by atoms with van der Waals surface area (Å²) in [6.45, 7) is 0.630. The van der Waals surface area contributed by atoms with E-state index in [4.69, 9.17) is 20.9 Å². The molecule has 1 aliphatic rings. The monoisotopic (exact) mass is 345 g/mol. The van der Waals surface area contributed by atoms with Crippen molar-refractivity contribution in [1.82, 2.24) is 25.1 Å². The van der Waals surface area contributed by atoms with Crippen LogP contribution in [0.1, 0.15) is 12.8 Å². The molecule has 1 N–H and O–H groups in total. The third-order valence-corrected chi connectivity index (χ3v) is 3.81. The quantitative estimate of drug-likeness (QED) is 0.756. The molecule has 3 heterocycles. The predicted octanol–water partition coefficient (Wildman–Crippen LogP) is 2.32. The molecule has 0 bridgehead atoms. The standard InChI is InChI=1S/C15H12ClN5O3/c16-10-3-9(5-17-15(10)23-6-8-1-2-8)14-20-13(21-24-14)11-4-12(22)19-7-18-11/h3-5,7-8H,1-2,6H2,(H,18,19,22). The lowest BCUT2D eigenvalue weighted by Crippen LogP contribution is -2.04. The highest BCUT2D eigenvalue weighted by molar-refractivity contribution is 6.32.